The van der Waals surface area contributed by atoms with Gasteiger partial charge in [0.2, 0.25) is 6.10 Å². The Morgan fingerprint density at radius 3 is 2.73 bits per heavy atom. The average molecular weight is 211 g/mol. The molecule has 1 atom stereocenters. The zero-order valence-corrected chi connectivity index (χ0v) is 7.83. The molecule has 1 aromatic rings. The molecule has 5 heteroatoms. The molecule has 0 N–H and O–H groups in total. The van der Waals surface area contributed by atoms with Gasteiger partial charge in [-0.3, -0.25) is 4.79 Å². The molecule has 0 aliphatic heterocycles. The molecule has 0 aromatic heterocycles. The number of carbonyl (C=O) groups is 1. The lowest BCUT2D eigenvalue weighted by atomic mass is 10.1. The molecule has 0 bridgehead atoms. The Hall–Kier alpha value is -1.96. The lowest BCUT2D eigenvalue weighted by molar-refractivity contribution is -0.144. The second-order valence-corrected chi connectivity index (χ2v) is 2.78. The van der Waals surface area contributed by atoms with Gasteiger partial charge in [0.05, 0.1) is 0 Å². The molecule has 3 nitrogen and oxygen atoms in total. The summed E-state index contributed by atoms with van der Waals surface area (Å²) in [4.78, 5) is 10.6. The Morgan fingerprint density at radius 1 is 1.53 bits per heavy atom. The highest BCUT2D eigenvalue weighted by Gasteiger charge is 2.18. The number of ether oxygens (including phenoxy) is 1. The summed E-state index contributed by atoms with van der Waals surface area (Å²) in [7, 11) is 0. The van der Waals surface area contributed by atoms with E-state index in [-0.39, 0.29) is 5.56 Å². The summed E-state index contributed by atoms with van der Waals surface area (Å²) < 4.78 is 30.4. The quantitative estimate of drug-likeness (QED) is 0.704. The van der Waals surface area contributed by atoms with Gasteiger partial charge in [0, 0.05) is 12.5 Å². The number of esters is 1. The van der Waals surface area contributed by atoms with Gasteiger partial charge in [0.25, 0.3) is 0 Å². The largest absolute Gasteiger partial charge is 0.442 e. The molecular formula is C10H7F2NO2. The number of hydrogen-bond acceptors (Lipinski definition) is 3. The molecule has 15 heavy (non-hydrogen) atoms. The number of rotatable bonds is 2. The lowest BCUT2D eigenvalue weighted by Crippen LogP contribution is -2.08. The normalized spacial score (nSPS) is 11.6. The Kier molecular flexibility index (Phi) is 3.34. The monoisotopic (exact) mass is 211 g/mol. The summed E-state index contributed by atoms with van der Waals surface area (Å²) in [6.07, 6.45) is -1.42. The summed E-state index contributed by atoms with van der Waals surface area (Å²) >= 11 is 0. The molecule has 0 fully saturated rings. The molecule has 1 aromatic carbocycles. The third kappa shape index (κ3) is 2.74. The van der Waals surface area contributed by atoms with E-state index in [9.17, 15) is 13.6 Å². The van der Waals surface area contributed by atoms with Crippen LogP contribution in [0.3, 0.4) is 0 Å². The first-order valence-electron chi connectivity index (χ1n) is 4.06. The number of nitrogens with zero attached hydrogens (tertiary/aromatic N) is 1. The molecular weight excluding hydrogens is 204 g/mol. The average Bonchev–Trinajstić information content (AvgIpc) is 2.18. The molecule has 0 radical (unpaired) electrons. The minimum absolute atomic E-state index is 0.285. The highest BCUT2D eigenvalue weighted by Crippen LogP contribution is 2.21. The Balaban J connectivity index is 3.07. The van der Waals surface area contributed by atoms with Crippen LogP contribution in [-0.4, -0.2) is 5.97 Å². The van der Waals surface area contributed by atoms with Gasteiger partial charge in [-0.25, -0.2) is 8.78 Å². The second-order valence-electron chi connectivity index (χ2n) is 2.78. The topological polar surface area (TPSA) is 50.1 Å². The van der Waals surface area contributed by atoms with Crippen molar-refractivity contribution in [2.24, 2.45) is 0 Å². The van der Waals surface area contributed by atoms with Crippen LogP contribution in [0.4, 0.5) is 8.78 Å². The fourth-order valence-corrected chi connectivity index (χ4v) is 1.04. The van der Waals surface area contributed by atoms with Gasteiger partial charge in [-0.1, -0.05) is 0 Å². The van der Waals surface area contributed by atoms with Gasteiger partial charge in [-0.15, -0.1) is 0 Å². The van der Waals surface area contributed by atoms with Crippen LogP contribution in [0.15, 0.2) is 18.2 Å². The smallest absolute Gasteiger partial charge is 0.304 e. The standard InChI is InChI=1S/C10H7F2NO2/c1-6(14)15-10(5-13)8-4-7(11)2-3-9(8)12/h2-4,10H,1H3. The first-order valence-corrected chi connectivity index (χ1v) is 4.06. The maximum absolute atomic E-state index is 13.1. The Morgan fingerprint density at radius 2 is 2.20 bits per heavy atom. The Labute approximate surface area is 84.9 Å². The molecule has 1 rings (SSSR count). The zero-order valence-electron chi connectivity index (χ0n) is 7.83. The van der Waals surface area contributed by atoms with Gasteiger partial charge in [-0.2, -0.15) is 5.26 Å². The summed E-state index contributed by atoms with van der Waals surface area (Å²) in [5, 5.41) is 8.63. The first-order chi connectivity index (χ1) is 7.04. The van der Waals surface area contributed by atoms with E-state index in [0.29, 0.717) is 0 Å². The van der Waals surface area contributed by atoms with Gasteiger partial charge < -0.3 is 4.74 Å². The number of hydrogen-bond donors (Lipinski definition) is 0. The molecule has 0 spiro atoms. The van der Waals surface area contributed by atoms with E-state index in [4.69, 9.17) is 5.26 Å². The predicted octanol–water partition coefficient (Wildman–Crippen LogP) is 2.09. The molecule has 78 valence electrons. The van der Waals surface area contributed by atoms with Gasteiger partial charge in [0.15, 0.2) is 0 Å². The Bertz CT molecular complexity index is 426. The lowest BCUT2D eigenvalue weighted by Gasteiger charge is -2.10. The minimum atomic E-state index is -1.42. The molecule has 0 amide bonds. The molecule has 0 aliphatic rings. The number of benzene rings is 1. The van der Waals surface area contributed by atoms with Crippen LogP contribution >= 0.6 is 0 Å². The molecule has 0 saturated carbocycles. The summed E-state index contributed by atoms with van der Waals surface area (Å²) in [6, 6.07) is 4.18. The summed E-state index contributed by atoms with van der Waals surface area (Å²) in [5.74, 6) is -2.21. The zero-order chi connectivity index (χ0) is 11.4. The molecule has 0 saturated heterocycles. The van der Waals surface area contributed by atoms with Crippen LogP contribution in [0.1, 0.15) is 18.6 Å². The van der Waals surface area contributed by atoms with Gasteiger partial charge in [0.1, 0.15) is 17.7 Å². The van der Waals surface area contributed by atoms with E-state index in [1.54, 1.807) is 6.07 Å². The van der Waals surface area contributed by atoms with Crippen LogP contribution in [0, 0.1) is 23.0 Å². The van der Waals surface area contributed by atoms with Crippen LogP contribution in [0.5, 0.6) is 0 Å². The second kappa shape index (κ2) is 4.51. The summed E-state index contributed by atoms with van der Waals surface area (Å²) in [5.41, 5.74) is -0.285. The van der Waals surface area contributed by atoms with Crippen LogP contribution in [0.25, 0.3) is 0 Å². The predicted molar refractivity (Wildman–Crippen MR) is 46.5 cm³/mol. The van der Waals surface area contributed by atoms with E-state index in [0.717, 1.165) is 25.1 Å². The fraction of sp³-hybridized carbons (Fsp3) is 0.200. The molecule has 0 aliphatic carbocycles. The van der Waals surface area contributed by atoms with Crippen molar-refractivity contribution >= 4 is 5.97 Å². The third-order valence-corrected chi connectivity index (χ3v) is 1.64. The van der Waals surface area contributed by atoms with Crippen LogP contribution in [-0.2, 0) is 9.53 Å². The van der Waals surface area contributed by atoms with E-state index < -0.39 is 23.7 Å². The number of halogens is 2. The highest BCUT2D eigenvalue weighted by atomic mass is 19.1. The van der Waals surface area contributed by atoms with E-state index in [1.807, 2.05) is 0 Å². The van der Waals surface area contributed by atoms with Crippen LogP contribution < -0.4 is 0 Å². The van der Waals surface area contributed by atoms with Gasteiger partial charge >= 0.3 is 5.97 Å². The van der Waals surface area contributed by atoms with E-state index in [1.165, 1.54) is 0 Å². The highest BCUT2D eigenvalue weighted by molar-refractivity contribution is 5.66. The SMILES string of the molecule is CC(=O)OC(C#N)c1cc(F)ccc1F. The van der Waals surface area contributed by atoms with E-state index in [2.05, 4.69) is 4.74 Å². The van der Waals surface area contributed by atoms with E-state index >= 15 is 0 Å². The van der Waals surface area contributed by atoms with Crippen molar-refractivity contribution in [3.8, 4) is 6.07 Å². The van der Waals surface area contributed by atoms with Crippen molar-refractivity contribution < 1.29 is 18.3 Å². The maximum atomic E-state index is 13.1. The van der Waals surface area contributed by atoms with Crippen LogP contribution in [0.2, 0.25) is 0 Å². The van der Waals surface area contributed by atoms with Crippen molar-refractivity contribution in [1.29, 1.82) is 5.26 Å². The molecule has 0 heterocycles. The fourth-order valence-electron chi connectivity index (χ4n) is 1.04. The van der Waals surface area contributed by atoms with Crippen molar-refractivity contribution in [3.05, 3.63) is 35.4 Å². The van der Waals surface area contributed by atoms with Crippen molar-refractivity contribution in [2.45, 2.75) is 13.0 Å². The van der Waals surface area contributed by atoms with Gasteiger partial charge in [-0.05, 0) is 18.2 Å². The minimum Gasteiger partial charge on any atom is -0.442 e. The van der Waals surface area contributed by atoms with Crippen molar-refractivity contribution in [3.63, 3.8) is 0 Å². The number of carbonyl (C=O) groups excluding carboxylic acids is 1. The summed E-state index contributed by atoms with van der Waals surface area (Å²) in [6.45, 7) is 1.08. The van der Waals surface area contributed by atoms with Crippen molar-refractivity contribution in [1.82, 2.24) is 0 Å². The number of nitriles is 1. The third-order valence-electron chi connectivity index (χ3n) is 1.64. The van der Waals surface area contributed by atoms with Crippen molar-refractivity contribution in [2.75, 3.05) is 0 Å². The first kappa shape index (κ1) is 11.1. The maximum Gasteiger partial charge on any atom is 0.304 e. The molecule has 1 unspecified atom stereocenters.